The average molecular weight is 260 g/mol. The van der Waals surface area contributed by atoms with Gasteiger partial charge in [-0.15, -0.1) is 11.8 Å². The van der Waals surface area contributed by atoms with Crippen LogP contribution in [0.15, 0.2) is 0 Å². The van der Waals surface area contributed by atoms with Gasteiger partial charge in [0.05, 0.1) is 19.5 Å². The van der Waals surface area contributed by atoms with Gasteiger partial charge in [-0.05, 0) is 12.8 Å². The molecule has 0 aliphatic carbocycles. The molecule has 1 fully saturated rings. The van der Waals surface area contributed by atoms with E-state index in [2.05, 4.69) is 9.47 Å². The summed E-state index contributed by atoms with van der Waals surface area (Å²) in [5, 5.41) is -0.191. The number of carbonyl (C=O) groups excluding carboxylic acids is 3. The van der Waals surface area contributed by atoms with Crippen LogP contribution in [0, 0.1) is 5.92 Å². The molecule has 0 bridgehead atoms. The second-order valence-electron chi connectivity index (χ2n) is 3.77. The SMILES string of the molecule is COC(=O)CCCC1SCC(C(=O)OC)C1=O. The van der Waals surface area contributed by atoms with E-state index < -0.39 is 11.9 Å². The number of esters is 2. The maximum atomic E-state index is 11.8. The van der Waals surface area contributed by atoms with Crippen LogP contribution < -0.4 is 0 Å². The van der Waals surface area contributed by atoms with Crippen LogP contribution in [-0.4, -0.2) is 42.9 Å². The molecule has 96 valence electrons. The quantitative estimate of drug-likeness (QED) is 0.538. The van der Waals surface area contributed by atoms with E-state index in [9.17, 15) is 14.4 Å². The fourth-order valence-electron chi connectivity index (χ4n) is 1.69. The first-order chi connectivity index (χ1) is 8.10. The summed E-state index contributed by atoms with van der Waals surface area (Å²) in [5.74, 6) is -0.961. The molecule has 17 heavy (non-hydrogen) atoms. The zero-order chi connectivity index (χ0) is 12.8. The highest BCUT2D eigenvalue weighted by Crippen LogP contribution is 2.32. The van der Waals surface area contributed by atoms with Gasteiger partial charge in [0.2, 0.25) is 0 Å². The van der Waals surface area contributed by atoms with Gasteiger partial charge in [0, 0.05) is 12.2 Å². The molecule has 1 aliphatic rings. The van der Waals surface area contributed by atoms with Crippen molar-refractivity contribution in [3.8, 4) is 0 Å². The molecular weight excluding hydrogens is 244 g/mol. The number of methoxy groups -OCH3 is 2. The monoisotopic (exact) mass is 260 g/mol. The van der Waals surface area contributed by atoms with E-state index in [0.29, 0.717) is 25.0 Å². The van der Waals surface area contributed by atoms with Crippen molar-refractivity contribution in [2.24, 2.45) is 5.92 Å². The topological polar surface area (TPSA) is 69.7 Å². The summed E-state index contributed by atoms with van der Waals surface area (Å²) in [4.78, 5) is 34.0. The Morgan fingerprint density at radius 3 is 2.65 bits per heavy atom. The molecule has 0 aromatic heterocycles. The summed E-state index contributed by atoms with van der Waals surface area (Å²) < 4.78 is 9.08. The molecule has 2 atom stereocenters. The van der Waals surface area contributed by atoms with Crippen molar-refractivity contribution in [3.63, 3.8) is 0 Å². The molecule has 5 nitrogen and oxygen atoms in total. The minimum absolute atomic E-state index is 0.0771. The summed E-state index contributed by atoms with van der Waals surface area (Å²) in [6, 6.07) is 0. The normalized spacial score (nSPS) is 23.5. The fraction of sp³-hybridized carbons (Fsp3) is 0.727. The standard InChI is InChI=1S/C11H16O5S/c1-15-9(12)5-3-4-8-10(13)7(6-17-8)11(14)16-2/h7-8H,3-6H2,1-2H3. The number of rotatable bonds is 5. The lowest BCUT2D eigenvalue weighted by Gasteiger charge is -2.07. The summed E-state index contributed by atoms with van der Waals surface area (Å²) >= 11 is 1.46. The Hall–Kier alpha value is -1.04. The number of Topliss-reactive ketones (excluding diaryl/α,β-unsaturated/α-hetero) is 1. The van der Waals surface area contributed by atoms with Crippen LogP contribution in [0.1, 0.15) is 19.3 Å². The van der Waals surface area contributed by atoms with Gasteiger partial charge >= 0.3 is 11.9 Å². The van der Waals surface area contributed by atoms with Crippen LogP contribution in [0.4, 0.5) is 0 Å². The lowest BCUT2D eigenvalue weighted by Crippen LogP contribution is -2.27. The second kappa shape index (κ2) is 6.64. The van der Waals surface area contributed by atoms with Crippen LogP contribution in [0.2, 0.25) is 0 Å². The summed E-state index contributed by atoms with van der Waals surface area (Å²) in [7, 11) is 2.62. The number of carbonyl (C=O) groups is 3. The first kappa shape index (κ1) is 14.0. The molecule has 2 unspecified atom stereocenters. The third-order valence-corrected chi connectivity index (χ3v) is 4.08. The predicted octanol–water partition coefficient (Wildman–Crippen LogP) is 0.803. The van der Waals surface area contributed by atoms with Crippen LogP contribution in [0.3, 0.4) is 0 Å². The van der Waals surface area contributed by atoms with E-state index in [1.54, 1.807) is 0 Å². The van der Waals surface area contributed by atoms with Crippen molar-refractivity contribution in [1.29, 1.82) is 0 Å². The summed E-state index contributed by atoms with van der Waals surface area (Å²) in [6.45, 7) is 0. The van der Waals surface area contributed by atoms with Crippen molar-refractivity contribution >= 4 is 29.5 Å². The van der Waals surface area contributed by atoms with Crippen molar-refractivity contribution in [2.45, 2.75) is 24.5 Å². The Morgan fingerprint density at radius 1 is 1.35 bits per heavy atom. The predicted molar refractivity (Wildman–Crippen MR) is 62.6 cm³/mol. The maximum absolute atomic E-state index is 11.8. The van der Waals surface area contributed by atoms with Crippen molar-refractivity contribution in [1.82, 2.24) is 0 Å². The Kier molecular flexibility index (Phi) is 5.47. The molecule has 0 saturated carbocycles. The Morgan fingerprint density at radius 2 is 2.06 bits per heavy atom. The largest absolute Gasteiger partial charge is 0.469 e. The van der Waals surface area contributed by atoms with Crippen molar-refractivity contribution in [2.75, 3.05) is 20.0 Å². The molecule has 6 heteroatoms. The highest BCUT2D eigenvalue weighted by molar-refractivity contribution is 8.01. The van der Waals surface area contributed by atoms with Gasteiger partial charge in [0.1, 0.15) is 5.92 Å². The molecule has 1 rings (SSSR count). The first-order valence-electron chi connectivity index (χ1n) is 5.40. The average Bonchev–Trinajstić information content (AvgIpc) is 2.70. The van der Waals surface area contributed by atoms with E-state index in [1.165, 1.54) is 26.0 Å². The molecule has 1 saturated heterocycles. The minimum atomic E-state index is -0.631. The van der Waals surface area contributed by atoms with Gasteiger partial charge in [0.15, 0.2) is 5.78 Å². The van der Waals surface area contributed by atoms with Crippen molar-refractivity contribution < 1.29 is 23.9 Å². The Balaban J connectivity index is 2.35. The van der Waals surface area contributed by atoms with Gasteiger partial charge in [0.25, 0.3) is 0 Å². The van der Waals surface area contributed by atoms with Gasteiger partial charge < -0.3 is 9.47 Å². The molecule has 0 aromatic carbocycles. The van der Waals surface area contributed by atoms with Gasteiger partial charge in [-0.25, -0.2) is 0 Å². The van der Waals surface area contributed by atoms with E-state index in [1.807, 2.05) is 0 Å². The number of hydrogen-bond acceptors (Lipinski definition) is 6. The van der Waals surface area contributed by atoms with Crippen LogP contribution in [0.25, 0.3) is 0 Å². The zero-order valence-corrected chi connectivity index (χ0v) is 10.7. The third-order valence-electron chi connectivity index (χ3n) is 2.69. The summed E-state index contributed by atoms with van der Waals surface area (Å²) in [5.41, 5.74) is 0. The smallest absolute Gasteiger partial charge is 0.317 e. The van der Waals surface area contributed by atoms with Gasteiger partial charge in [-0.1, -0.05) is 0 Å². The number of ether oxygens (including phenoxy) is 2. The molecule has 1 heterocycles. The molecule has 0 N–H and O–H groups in total. The highest BCUT2D eigenvalue weighted by atomic mass is 32.2. The van der Waals surface area contributed by atoms with Crippen LogP contribution in [0.5, 0.6) is 0 Å². The number of ketones is 1. The Bertz CT molecular complexity index is 315. The molecule has 0 aromatic rings. The van der Waals surface area contributed by atoms with E-state index in [-0.39, 0.29) is 17.0 Å². The molecule has 0 radical (unpaired) electrons. The highest BCUT2D eigenvalue weighted by Gasteiger charge is 2.39. The van der Waals surface area contributed by atoms with E-state index >= 15 is 0 Å². The molecule has 0 amide bonds. The van der Waals surface area contributed by atoms with Crippen LogP contribution >= 0.6 is 11.8 Å². The molecule has 0 spiro atoms. The van der Waals surface area contributed by atoms with E-state index in [0.717, 1.165) is 0 Å². The zero-order valence-electron chi connectivity index (χ0n) is 9.93. The maximum Gasteiger partial charge on any atom is 0.317 e. The second-order valence-corrected chi connectivity index (χ2v) is 5.00. The minimum Gasteiger partial charge on any atom is -0.469 e. The first-order valence-corrected chi connectivity index (χ1v) is 6.45. The lowest BCUT2D eigenvalue weighted by atomic mass is 10.0. The van der Waals surface area contributed by atoms with E-state index in [4.69, 9.17) is 0 Å². The van der Waals surface area contributed by atoms with Gasteiger partial charge in [-0.3, -0.25) is 14.4 Å². The lowest BCUT2D eigenvalue weighted by molar-refractivity contribution is -0.148. The number of hydrogen-bond donors (Lipinski definition) is 0. The number of thioether (sulfide) groups is 1. The summed E-state index contributed by atoms with van der Waals surface area (Å²) in [6.07, 6.45) is 1.51. The molecule has 1 aliphatic heterocycles. The Labute approximate surface area is 104 Å². The molecular formula is C11H16O5S. The van der Waals surface area contributed by atoms with Crippen molar-refractivity contribution in [3.05, 3.63) is 0 Å². The van der Waals surface area contributed by atoms with Gasteiger partial charge in [-0.2, -0.15) is 0 Å². The third kappa shape index (κ3) is 3.73. The fourth-order valence-corrected chi connectivity index (χ4v) is 3.07. The van der Waals surface area contributed by atoms with Crippen LogP contribution in [-0.2, 0) is 23.9 Å².